The molecule has 1 aromatic rings. The Labute approximate surface area is 129 Å². The van der Waals surface area contributed by atoms with Gasteiger partial charge in [0.25, 0.3) is 0 Å². The smallest absolute Gasteiger partial charge is 0.123 e. The molecule has 2 rings (SSSR count). The fourth-order valence-corrected chi connectivity index (χ4v) is 3.79. The molecule has 1 aliphatic carbocycles. The van der Waals surface area contributed by atoms with Crippen molar-refractivity contribution in [2.24, 2.45) is 17.8 Å². The second kappa shape index (κ2) is 7.93. The van der Waals surface area contributed by atoms with Gasteiger partial charge in [-0.3, -0.25) is 0 Å². The molecule has 0 amide bonds. The average Bonchev–Trinajstić information content (AvgIpc) is 2.49. The second-order valence-electron chi connectivity index (χ2n) is 6.69. The zero-order valence-electron chi connectivity index (χ0n) is 13.8. The van der Waals surface area contributed by atoms with Crippen LogP contribution in [0.5, 0.6) is 0 Å². The highest BCUT2D eigenvalue weighted by molar-refractivity contribution is 5.27. The van der Waals surface area contributed by atoms with Crippen molar-refractivity contribution in [2.45, 2.75) is 52.9 Å². The third-order valence-corrected chi connectivity index (χ3v) is 5.28. The summed E-state index contributed by atoms with van der Waals surface area (Å²) in [4.78, 5) is 0. The summed E-state index contributed by atoms with van der Waals surface area (Å²) in [5, 5.41) is 3.52. The number of nitrogens with one attached hydrogen (secondary N) is 1. The van der Waals surface area contributed by atoms with Crippen LogP contribution in [0.4, 0.5) is 4.39 Å². The number of rotatable bonds is 6. The lowest BCUT2D eigenvalue weighted by molar-refractivity contribution is 0.171. The molecule has 1 N–H and O–H groups in total. The third-order valence-electron chi connectivity index (χ3n) is 5.28. The highest BCUT2D eigenvalue weighted by atomic mass is 19.1. The molecule has 1 aliphatic rings. The van der Waals surface area contributed by atoms with E-state index in [1.165, 1.54) is 36.8 Å². The van der Waals surface area contributed by atoms with Gasteiger partial charge in [-0.15, -0.1) is 0 Å². The van der Waals surface area contributed by atoms with Crippen LogP contribution in [0.2, 0.25) is 0 Å². The van der Waals surface area contributed by atoms with Gasteiger partial charge in [0.1, 0.15) is 5.82 Å². The summed E-state index contributed by atoms with van der Waals surface area (Å²) in [5.74, 6) is 2.21. The first-order valence-corrected chi connectivity index (χ1v) is 8.59. The summed E-state index contributed by atoms with van der Waals surface area (Å²) < 4.78 is 13.5. The highest BCUT2D eigenvalue weighted by Gasteiger charge is 2.29. The van der Waals surface area contributed by atoms with E-state index in [2.05, 4.69) is 26.1 Å². The molecule has 1 fully saturated rings. The molecular weight excluding hydrogens is 261 g/mol. The second-order valence-corrected chi connectivity index (χ2v) is 6.69. The molecule has 118 valence electrons. The standard InChI is InChI=1S/C19H30FN/c1-4-15-7-8-16(13-21-5-2)18(10-15)11-17-12-19(20)9-6-14(17)3/h6,9,12,15-16,18,21H,4-5,7-8,10-11,13H2,1-3H3. The Bertz CT molecular complexity index is 443. The lowest BCUT2D eigenvalue weighted by Gasteiger charge is -2.36. The van der Waals surface area contributed by atoms with E-state index in [1.807, 2.05) is 6.07 Å². The predicted octanol–water partition coefficient (Wildman–Crippen LogP) is 4.73. The quantitative estimate of drug-likeness (QED) is 0.799. The van der Waals surface area contributed by atoms with Crippen LogP contribution in [0, 0.1) is 30.5 Å². The third kappa shape index (κ3) is 4.54. The number of benzene rings is 1. The van der Waals surface area contributed by atoms with Crippen LogP contribution >= 0.6 is 0 Å². The van der Waals surface area contributed by atoms with Gasteiger partial charge in [-0.05, 0) is 80.3 Å². The summed E-state index contributed by atoms with van der Waals surface area (Å²) in [6.07, 6.45) is 6.32. The normalized spacial score (nSPS) is 26.0. The Hall–Kier alpha value is -0.890. The lowest BCUT2D eigenvalue weighted by Crippen LogP contribution is -2.34. The average molecular weight is 291 g/mol. The van der Waals surface area contributed by atoms with Crippen LogP contribution < -0.4 is 5.32 Å². The summed E-state index contributed by atoms with van der Waals surface area (Å²) in [5.41, 5.74) is 2.44. The van der Waals surface area contributed by atoms with Gasteiger partial charge in [-0.1, -0.05) is 32.8 Å². The van der Waals surface area contributed by atoms with E-state index < -0.39 is 0 Å². The monoisotopic (exact) mass is 291 g/mol. The number of aryl methyl sites for hydroxylation is 1. The van der Waals surface area contributed by atoms with Crippen molar-refractivity contribution >= 4 is 0 Å². The summed E-state index contributed by atoms with van der Waals surface area (Å²) in [7, 11) is 0. The maximum Gasteiger partial charge on any atom is 0.123 e. The topological polar surface area (TPSA) is 12.0 Å². The van der Waals surface area contributed by atoms with Crippen molar-refractivity contribution in [2.75, 3.05) is 13.1 Å². The molecule has 0 spiro atoms. The molecule has 0 heterocycles. The molecule has 1 saturated carbocycles. The SMILES string of the molecule is CCNCC1CCC(CC)CC1Cc1cc(F)ccc1C. The van der Waals surface area contributed by atoms with Gasteiger partial charge in [0, 0.05) is 0 Å². The number of hydrogen-bond donors (Lipinski definition) is 1. The van der Waals surface area contributed by atoms with Crippen molar-refractivity contribution in [3.63, 3.8) is 0 Å². The molecule has 0 bridgehead atoms. The van der Waals surface area contributed by atoms with Crippen LogP contribution in [-0.2, 0) is 6.42 Å². The fourth-order valence-electron chi connectivity index (χ4n) is 3.79. The maximum atomic E-state index is 13.5. The zero-order valence-corrected chi connectivity index (χ0v) is 13.8. The molecule has 0 aliphatic heterocycles. The largest absolute Gasteiger partial charge is 0.317 e. The van der Waals surface area contributed by atoms with Gasteiger partial charge in [-0.2, -0.15) is 0 Å². The molecule has 3 atom stereocenters. The maximum absolute atomic E-state index is 13.5. The first-order valence-electron chi connectivity index (χ1n) is 8.59. The van der Waals surface area contributed by atoms with Gasteiger partial charge in [0.2, 0.25) is 0 Å². The van der Waals surface area contributed by atoms with Crippen molar-refractivity contribution in [1.82, 2.24) is 5.32 Å². The summed E-state index contributed by atoms with van der Waals surface area (Å²) >= 11 is 0. The Balaban J connectivity index is 2.09. The minimum Gasteiger partial charge on any atom is -0.317 e. The van der Waals surface area contributed by atoms with Crippen molar-refractivity contribution in [3.05, 3.63) is 35.1 Å². The first kappa shape index (κ1) is 16.5. The lowest BCUT2D eigenvalue weighted by atomic mass is 9.70. The van der Waals surface area contributed by atoms with E-state index in [9.17, 15) is 4.39 Å². The van der Waals surface area contributed by atoms with E-state index in [1.54, 1.807) is 12.1 Å². The summed E-state index contributed by atoms with van der Waals surface area (Å²) in [6.45, 7) is 8.74. The Morgan fingerprint density at radius 2 is 2.00 bits per heavy atom. The molecule has 1 nitrogen and oxygen atoms in total. The van der Waals surface area contributed by atoms with Crippen LogP contribution in [0.3, 0.4) is 0 Å². The molecule has 1 aromatic carbocycles. The van der Waals surface area contributed by atoms with Crippen LogP contribution in [0.25, 0.3) is 0 Å². The van der Waals surface area contributed by atoms with E-state index in [0.717, 1.165) is 31.3 Å². The van der Waals surface area contributed by atoms with Crippen molar-refractivity contribution < 1.29 is 4.39 Å². The number of halogens is 1. The minimum atomic E-state index is -0.0957. The van der Waals surface area contributed by atoms with Crippen LogP contribution in [0.15, 0.2) is 18.2 Å². The van der Waals surface area contributed by atoms with Gasteiger partial charge in [0.15, 0.2) is 0 Å². The zero-order chi connectivity index (χ0) is 15.2. The van der Waals surface area contributed by atoms with E-state index in [4.69, 9.17) is 0 Å². The summed E-state index contributed by atoms with van der Waals surface area (Å²) in [6, 6.07) is 5.24. The Morgan fingerprint density at radius 1 is 1.19 bits per heavy atom. The van der Waals surface area contributed by atoms with Crippen molar-refractivity contribution in [1.29, 1.82) is 0 Å². The van der Waals surface area contributed by atoms with E-state index >= 15 is 0 Å². The van der Waals surface area contributed by atoms with Crippen molar-refractivity contribution in [3.8, 4) is 0 Å². The minimum absolute atomic E-state index is 0.0957. The van der Waals surface area contributed by atoms with Gasteiger partial charge < -0.3 is 5.32 Å². The van der Waals surface area contributed by atoms with Gasteiger partial charge >= 0.3 is 0 Å². The molecule has 2 heteroatoms. The molecule has 0 aromatic heterocycles. The van der Waals surface area contributed by atoms with Crippen LogP contribution in [-0.4, -0.2) is 13.1 Å². The Kier molecular flexibility index (Phi) is 6.22. The fraction of sp³-hybridized carbons (Fsp3) is 0.684. The Morgan fingerprint density at radius 3 is 2.71 bits per heavy atom. The number of hydrogen-bond acceptors (Lipinski definition) is 1. The molecule has 3 unspecified atom stereocenters. The van der Waals surface area contributed by atoms with E-state index in [-0.39, 0.29) is 5.82 Å². The van der Waals surface area contributed by atoms with Crippen LogP contribution in [0.1, 0.15) is 50.7 Å². The predicted molar refractivity (Wildman–Crippen MR) is 88.0 cm³/mol. The van der Waals surface area contributed by atoms with Gasteiger partial charge in [-0.25, -0.2) is 4.39 Å². The van der Waals surface area contributed by atoms with Gasteiger partial charge in [0.05, 0.1) is 0 Å². The first-order chi connectivity index (χ1) is 10.1. The highest BCUT2D eigenvalue weighted by Crippen LogP contribution is 2.37. The molecular formula is C19H30FN. The van der Waals surface area contributed by atoms with E-state index in [0.29, 0.717) is 5.92 Å². The molecule has 0 saturated heterocycles. The molecule has 21 heavy (non-hydrogen) atoms. The molecule has 0 radical (unpaired) electrons.